The van der Waals surface area contributed by atoms with Crippen molar-refractivity contribution in [3.05, 3.63) is 60.2 Å². The van der Waals surface area contributed by atoms with Crippen molar-refractivity contribution < 1.29 is 9.53 Å². The predicted octanol–water partition coefficient (Wildman–Crippen LogP) is 3.50. The second kappa shape index (κ2) is 6.61. The average Bonchev–Trinajstić information content (AvgIpc) is 2.46. The fraction of sp³-hybridized carbons (Fsp3) is 0.188. The Morgan fingerprint density at radius 1 is 1.05 bits per heavy atom. The molecule has 0 unspecified atom stereocenters. The number of carbonyl (C=O) groups excluding carboxylic acids is 1. The van der Waals surface area contributed by atoms with Gasteiger partial charge in [0.1, 0.15) is 6.61 Å². The molecule has 4 heteroatoms. The molecule has 0 radical (unpaired) electrons. The van der Waals surface area contributed by atoms with E-state index in [1.807, 2.05) is 73.6 Å². The van der Waals surface area contributed by atoms with Crippen molar-refractivity contribution in [1.82, 2.24) is 0 Å². The summed E-state index contributed by atoms with van der Waals surface area (Å²) in [6.07, 6.45) is -0.455. The third-order valence-corrected chi connectivity index (χ3v) is 2.84. The van der Waals surface area contributed by atoms with Crippen molar-refractivity contribution in [2.45, 2.75) is 6.61 Å². The van der Waals surface area contributed by atoms with E-state index in [0.29, 0.717) is 0 Å². The Balaban J connectivity index is 1.95. The van der Waals surface area contributed by atoms with E-state index in [1.54, 1.807) is 0 Å². The van der Waals surface area contributed by atoms with Crippen LogP contribution in [0.3, 0.4) is 0 Å². The van der Waals surface area contributed by atoms with Gasteiger partial charge in [-0.25, -0.2) is 4.79 Å². The number of para-hydroxylation sites is 2. The minimum Gasteiger partial charge on any atom is -0.444 e. The van der Waals surface area contributed by atoms with Crippen LogP contribution in [0.4, 0.5) is 16.2 Å². The minimum absolute atomic E-state index is 0.261. The van der Waals surface area contributed by atoms with Crippen LogP contribution in [-0.2, 0) is 11.3 Å². The Morgan fingerprint density at radius 3 is 2.40 bits per heavy atom. The van der Waals surface area contributed by atoms with Gasteiger partial charge >= 0.3 is 6.09 Å². The first-order valence-electron chi connectivity index (χ1n) is 6.41. The van der Waals surface area contributed by atoms with Gasteiger partial charge in [0.25, 0.3) is 0 Å². The second-order valence-corrected chi connectivity index (χ2v) is 4.60. The summed E-state index contributed by atoms with van der Waals surface area (Å²) in [6, 6.07) is 17.2. The fourth-order valence-corrected chi connectivity index (χ4v) is 1.84. The molecule has 1 amide bonds. The van der Waals surface area contributed by atoms with Crippen molar-refractivity contribution in [3.8, 4) is 0 Å². The van der Waals surface area contributed by atoms with Crippen LogP contribution >= 0.6 is 0 Å². The molecule has 0 aromatic heterocycles. The number of hydrogen-bond donors (Lipinski definition) is 1. The fourth-order valence-electron chi connectivity index (χ4n) is 1.84. The molecule has 0 aliphatic carbocycles. The highest BCUT2D eigenvalue weighted by Gasteiger charge is 2.08. The van der Waals surface area contributed by atoms with Crippen molar-refractivity contribution in [3.63, 3.8) is 0 Å². The molecule has 0 aliphatic heterocycles. The molecule has 0 atom stereocenters. The van der Waals surface area contributed by atoms with Crippen molar-refractivity contribution in [2.75, 3.05) is 24.3 Å². The monoisotopic (exact) mass is 270 g/mol. The van der Waals surface area contributed by atoms with Crippen molar-refractivity contribution >= 4 is 17.5 Å². The third-order valence-electron chi connectivity index (χ3n) is 2.84. The van der Waals surface area contributed by atoms with Gasteiger partial charge in [-0.1, -0.05) is 42.5 Å². The quantitative estimate of drug-likeness (QED) is 0.924. The summed E-state index contributed by atoms with van der Waals surface area (Å²) in [5, 5.41) is 2.76. The van der Waals surface area contributed by atoms with E-state index in [2.05, 4.69) is 5.32 Å². The lowest BCUT2D eigenvalue weighted by molar-refractivity contribution is 0.155. The van der Waals surface area contributed by atoms with Crippen LogP contribution in [0.2, 0.25) is 0 Å². The number of ether oxygens (including phenoxy) is 1. The number of carbonyl (C=O) groups is 1. The Labute approximate surface area is 119 Å². The lowest BCUT2D eigenvalue weighted by Gasteiger charge is -2.17. The van der Waals surface area contributed by atoms with E-state index >= 15 is 0 Å². The molecule has 20 heavy (non-hydrogen) atoms. The summed E-state index contributed by atoms with van der Waals surface area (Å²) in [7, 11) is 3.85. The molecule has 0 saturated heterocycles. The van der Waals surface area contributed by atoms with Crippen LogP contribution in [0, 0.1) is 0 Å². The zero-order valence-electron chi connectivity index (χ0n) is 11.7. The normalized spacial score (nSPS) is 9.90. The molecule has 0 aliphatic rings. The van der Waals surface area contributed by atoms with E-state index in [1.165, 1.54) is 0 Å². The summed E-state index contributed by atoms with van der Waals surface area (Å²) in [4.78, 5) is 13.7. The molecule has 104 valence electrons. The zero-order valence-corrected chi connectivity index (χ0v) is 11.7. The molecule has 2 aromatic carbocycles. The maximum absolute atomic E-state index is 11.8. The van der Waals surface area contributed by atoms with Gasteiger partial charge in [0.15, 0.2) is 0 Å². The Kier molecular flexibility index (Phi) is 4.60. The lowest BCUT2D eigenvalue weighted by Crippen LogP contribution is -2.17. The molecule has 1 N–H and O–H groups in total. The van der Waals surface area contributed by atoms with Crippen LogP contribution in [0.15, 0.2) is 54.6 Å². The van der Waals surface area contributed by atoms with Gasteiger partial charge in [-0.3, -0.25) is 5.32 Å². The van der Waals surface area contributed by atoms with E-state index < -0.39 is 6.09 Å². The molecular weight excluding hydrogens is 252 g/mol. The van der Waals surface area contributed by atoms with Gasteiger partial charge < -0.3 is 9.64 Å². The Morgan fingerprint density at radius 2 is 1.70 bits per heavy atom. The predicted molar refractivity (Wildman–Crippen MR) is 81.0 cm³/mol. The van der Waals surface area contributed by atoms with E-state index in [0.717, 1.165) is 16.9 Å². The number of benzene rings is 2. The molecule has 2 rings (SSSR count). The summed E-state index contributed by atoms with van der Waals surface area (Å²) >= 11 is 0. The number of rotatable bonds is 4. The van der Waals surface area contributed by atoms with E-state index in [4.69, 9.17) is 4.74 Å². The molecular formula is C16H18N2O2. The van der Waals surface area contributed by atoms with Gasteiger partial charge in [-0.05, 0) is 17.7 Å². The van der Waals surface area contributed by atoms with Gasteiger partial charge in [0.05, 0.1) is 11.4 Å². The summed E-state index contributed by atoms with van der Waals surface area (Å²) < 4.78 is 5.20. The highest BCUT2D eigenvalue weighted by atomic mass is 16.5. The minimum atomic E-state index is -0.455. The molecule has 0 spiro atoms. The number of nitrogens with zero attached hydrogens (tertiary/aromatic N) is 1. The molecule has 0 saturated carbocycles. The van der Waals surface area contributed by atoms with Crippen molar-refractivity contribution in [1.29, 1.82) is 0 Å². The number of nitrogens with one attached hydrogen (secondary N) is 1. The standard InChI is InChI=1S/C16H18N2O2/c1-18(2)15-11-7-6-10-14(15)17-16(19)20-12-13-8-4-3-5-9-13/h3-11H,12H2,1-2H3,(H,17,19). The SMILES string of the molecule is CN(C)c1ccccc1NC(=O)OCc1ccccc1. The molecule has 4 nitrogen and oxygen atoms in total. The van der Waals surface area contributed by atoms with Gasteiger partial charge in [0, 0.05) is 14.1 Å². The Bertz CT molecular complexity index is 568. The zero-order chi connectivity index (χ0) is 14.4. The first-order valence-corrected chi connectivity index (χ1v) is 6.41. The summed E-state index contributed by atoms with van der Waals surface area (Å²) in [6.45, 7) is 0.261. The molecule has 0 fully saturated rings. The van der Waals surface area contributed by atoms with E-state index in [9.17, 15) is 4.79 Å². The van der Waals surface area contributed by atoms with Crippen molar-refractivity contribution in [2.24, 2.45) is 0 Å². The van der Waals surface area contributed by atoms with Crippen LogP contribution in [0.25, 0.3) is 0 Å². The summed E-state index contributed by atoms with van der Waals surface area (Å²) in [5.41, 5.74) is 2.63. The molecule has 2 aromatic rings. The number of amides is 1. The summed E-state index contributed by atoms with van der Waals surface area (Å²) in [5.74, 6) is 0. The number of hydrogen-bond acceptors (Lipinski definition) is 3. The maximum Gasteiger partial charge on any atom is 0.412 e. The Hall–Kier alpha value is -2.49. The first kappa shape index (κ1) is 13.9. The smallest absolute Gasteiger partial charge is 0.412 e. The third kappa shape index (κ3) is 3.75. The van der Waals surface area contributed by atoms with Gasteiger partial charge in [0.2, 0.25) is 0 Å². The van der Waals surface area contributed by atoms with Gasteiger partial charge in [-0.2, -0.15) is 0 Å². The van der Waals surface area contributed by atoms with E-state index in [-0.39, 0.29) is 6.61 Å². The molecule has 0 heterocycles. The lowest BCUT2D eigenvalue weighted by atomic mass is 10.2. The highest BCUT2D eigenvalue weighted by Crippen LogP contribution is 2.23. The number of anilines is 2. The average molecular weight is 270 g/mol. The second-order valence-electron chi connectivity index (χ2n) is 4.60. The van der Waals surface area contributed by atoms with Crippen LogP contribution < -0.4 is 10.2 Å². The van der Waals surface area contributed by atoms with Crippen LogP contribution in [-0.4, -0.2) is 20.2 Å². The van der Waals surface area contributed by atoms with Crippen LogP contribution in [0.5, 0.6) is 0 Å². The van der Waals surface area contributed by atoms with Crippen LogP contribution in [0.1, 0.15) is 5.56 Å². The largest absolute Gasteiger partial charge is 0.444 e. The first-order chi connectivity index (χ1) is 9.66. The van der Waals surface area contributed by atoms with Gasteiger partial charge in [-0.15, -0.1) is 0 Å². The maximum atomic E-state index is 11.8. The molecule has 0 bridgehead atoms. The highest BCUT2D eigenvalue weighted by molar-refractivity contribution is 5.89. The topological polar surface area (TPSA) is 41.6 Å².